The van der Waals surface area contributed by atoms with Gasteiger partial charge in [0.2, 0.25) is 5.91 Å². The molecular formula is C16H24ClFN2O. The van der Waals surface area contributed by atoms with Gasteiger partial charge in [-0.3, -0.25) is 9.69 Å². The number of halogens is 2. The zero-order valence-corrected chi connectivity index (χ0v) is 13.9. The van der Waals surface area contributed by atoms with Gasteiger partial charge in [-0.25, -0.2) is 4.39 Å². The highest BCUT2D eigenvalue weighted by molar-refractivity contribution is 6.31. The quantitative estimate of drug-likeness (QED) is 0.838. The van der Waals surface area contributed by atoms with Gasteiger partial charge in [-0.15, -0.1) is 0 Å². The van der Waals surface area contributed by atoms with Gasteiger partial charge in [-0.2, -0.15) is 0 Å². The van der Waals surface area contributed by atoms with Crippen LogP contribution in [0.3, 0.4) is 0 Å². The van der Waals surface area contributed by atoms with Crippen molar-refractivity contribution >= 4 is 17.5 Å². The molecule has 0 fully saturated rings. The van der Waals surface area contributed by atoms with Crippen LogP contribution in [0.5, 0.6) is 0 Å². The molecule has 3 nitrogen and oxygen atoms in total. The molecule has 0 aliphatic rings. The minimum Gasteiger partial charge on any atom is -0.355 e. The minimum absolute atomic E-state index is 0.0329. The molecule has 0 saturated heterocycles. The molecule has 0 heterocycles. The second-order valence-electron chi connectivity index (χ2n) is 5.65. The largest absolute Gasteiger partial charge is 0.355 e. The zero-order chi connectivity index (χ0) is 16.0. The first-order valence-corrected chi connectivity index (χ1v) is 7.66. The first-order valence-electron chi connectivity index (χ1n) is 7.28. The SMILES string of the molecule is CC(C)N(CCNC(=O)Cc1c(F)cccc1Cl)C(C)C. The van der Waals surface area contributed by atoms with E-state index in [1.165, 1.54) is 12.1 Å². The lowest BCUT2D eigenvalue weighted by molar-refractivity contribution is -0.120. The molecule has 0 spiro atoms. The van der Waals surface area contributed by atoms with Crippen LogP contribution >= 0.6 is 11.6 Å². The summed E-state index contributed by atoms with van der Waals surface area (Å²) in [6.45, 7) is 9.82. The highest BCUT2D eigenvalue weighted by atomic mass is 35.5. The summed E-state index contributed by atoms with van der Waals surface area (Å²) in [6.07, 6.45) is -0.0329. The molecule has 1 rings (SSSR count). The third-order valence-electron chi connectivity index (χ3n) is 3.42. The molecule has 1 aromatic rings. The maximum absolute atomic E-state index is 13.6. The number of carbonyl (C=O) groups excluding carboxylic acids is 1. The molecule has 1 amide bonds. The van der Waals surface area contributed by atoms with E-state index < -0.39 is 5.82 Å². The fourth-order valence-electron chi connectivity index (χ4n) is 2.36. The Morgan fingerprint density at radius 1 is 1.29 bits per heavy atom. The Labute approximate surface area is 131 Å². The summed E-state index contributed by atoms with van der Waals surface area (Å²) in [5.74, 6) is -0.655. The van der Waals surface area contributed by atoms with Crippen molar-refractivity contribution in [3.63, 3.8) is 0 Å². The van der Waals surface area contributed by atoms with Gasteiger partial charge in [0.25, 0.3) is 0 Å². The van der Waals surface area contributed by atoms with Crippen molar-refractivity contribution in [2.45, 2.75) is 46.2 Å². The van der Waals surface area contributed by atoms with Crippen LogP contribution in [-0.4, -0.2) is 36.0 Å². The van der Waals surface area contributed by atoms with Gasteiger partial charge < -0.3 is 5.32 Å². The average Bonchev–Trinajstić information content (AvgIpc) is 2.38. The van der Waals surface area contributed by atoms with Gasteiger partial charge in [0.05, 0.1) is 6.42 Å². The molecule has 0 unspecified atom stereocenters. The topological polar surface area (TPSA) is 32.3 Å². The Morgan fingerprint density at radius 3 is 2.43 bits per heavy atom. The molecule has 1 aromatic carbocycles. The van der Waals surface area contributed by atoms with Gasteiger partial charge >= 0.3 is 0 Å². The Balaban J connectivity index is 2.48. The summed E-state index contributed by atoms with van der Waals surface area (Å²) in [7, 11) is 0. The number of nitrogens with zero attached hydrogens (tertiary/aromatic N) is 1. The maximum atomic E-state index is 13.6. The summed E-state index contributed by atoms with van der Waals surface area (Å²) < 4.78 is 13.6. The molecule has 0 saturated carbocycles. The Morgan fingerprint density at radius 2 is 1.90 bits per heavy atom. The van der Waals surface area contributed by atoms with Gasteiger partial charge in [0.1, 0.15) is 5.82 Å². The average molecular weight is 315 g/mol. The smallest absolute Gasteiger partial charge is 0.224 e. The number of amides is 1. The molecule has 0 aliphatic carbocycles. The highest BCUT2D eigenvalue weighted by Crippen LogP contribution is 2.19. The molecule has 0 bridgehead atoms. The van der Waals surface area contributed by atoms with Crippen molar-refractivity contribution < 1.29 is 9.18 Å². The van der Waals surface area contributed by atoms with E-state index in [0.717, 1.165) is 6.54 Å². The molecule has 118 valence electrons. The van der Waals surface area contributed by atoms with Crippen LogP contribution in [-0.2, 0) is 11.2 Å². The van der Waals surface area contributed by atoms with Crippen molar-refractivity contribution in [2.24, 2.45) is 0 Å². The number of rotatable bonds is 7. The van der Waals surface area contributed by atoms with Crippen LogP contribution in [0.25, 0.3) is 0 Å². The van der Waals surface area contributed by atoms with Crippen molar-refractivity contribution in [1.29, 1.82) is 0 Å². The number of benzene rings is 1. The van der Waals surface area contributed by atoms with E-state index >= 15 is 0 Å². The van der Waals surface area contributed by atoms with E-state index in [-0.39, 0.29) is 22.9 Å². The Kier molecular flexibility index (Phi) is 7.12. The predicted octanol–water partition coefficient (Wildman–Crippen LogP) is 3.26. The van der Waals surface area contributed by atoms with Gasteiger partial charge in [0.15, 0.2) is 0 Å². The second kappa shape index (κ2) is 8.35. The van der Waals surface area contributed by atoms with E-state index in [0.29, 0.717) is 18.6 Å². The van der Waals surface area contributed by atoms with E-state index in [2.05, 4.69) is 37.9 Å². The highest BCUT2D eigenvalue weighted by Gasteiger charge is 2.14. The second-order valence-corrected chi connectivity index (χ2v) is 6.06. The predicted molar refractivity (Wildman–Crippen MR) is 85.1 cm³/mol. The lowest BCUT2D eigenvalue weighted by Crippen LogP contribution is -2.42. The Bertz CT molecular complexity index is 449. The summed E-state index contributed by atoms with van der Waals surface area (Å²) in [5, 5.41) is 3.11. The lowest BCUT2D eigenvalue weighted by Gasteiger charge is -2.30. The fraction of sp³-hybridized carbons (Fsp3) is 0.562. The molecule has 0 radical (unpaired) electrons. The first kappa shape index (κ1) is 17.9. The zero-order valence-electron chi connectivity index (χ0n) is 13.1. The standard InChI is InChI=1S/C16H24ClFN2O/c1-11(2)20(12(3)4)9-8-19-16(21)10-13-14(17)6-5-7-15(13)18/h5-7,11-12H,8-10H2,1-4H3,(H,19,21). The van der Waals surface area contributed by atoms with Crippen LogP contribution in [0, 0.1) is 5.82 Å². The molecule has 21 heavy (non-hydrogen) atoms. The third kappa shape index (κ3) is 5.64. The monoisotopic (exact) mass is 314 g/mol. The van der Waals surface area contributed by atoms with Crippen LogP contribution in [0.4, 0.5) is 4.39 Å². The normalized spacial score (nSPS) is 11.5. The molecule has 1 N–H and O–H groups in total. The van der Waals surface area contributed by atoms with E-state index in [4.69, 9.17) is 11.6 Å². The van der Waals surface area contributed by atoms with Gasteiger partial charge in [-0.05, 0) is 39.8 Å². The summed E-state index contributed by atoms with van der Waals surface area (Å²) in [6, 6.07) is 5.27. The van der Waals surface area contributed by atoms with Crippen LogP contribution in [0.2, 0.25) is 5.02 Å². The number of carbonyl (C=O) groups is 1. The van der Waals surface area contributed by atoms with Crippen molar-refractivity contribution in [2.75, 3.05) is 13.1 Å². The van der Waals surface area contributed by atoms with Crippen molar-refractivity contribution in [3.8, 4) is 0 Å². The molecule has 0 aliphatic heterocycles. The van der Waals surface area contributed by atoms with Gasteiger partial charge in [-0.1, -0.05) is 17.7 Å². The molecule has 5 heteroatoms. The number of hydrogen-bond donors (Lipinski definition) is 1. The fourth-order valence-corrected chi connectivity index (χ4v) is 2.59. The number of hydrogen-bond acceptors (Lipinski definition) is 2. The van der Waals surface area contributed by atoms with Crippen LogP contribution < -0.4 is 5.32 Å². The molecular weight excluding hydrogens is 291 g/mol. The Hall–Kier alpha value is -1.13. The first-order chi connectivity index (χ1) is 9.82. The molecule has 0 atom stereocenters. The van der Waals surface area contributed by atoms with E-state index in [1.807, 2.05) is 0 Å². The summed E-state index contributed by atoms with van der Waals surface area (Å²) in [4.78, 5) is 14.2. The van der Waals surface area contributed by atoms with Crippen LogP contribution in [0.15, 0.2) is 18.2 Å². The van der Waals surface area contributed by atoms with Gasteiger partial charge in [0, 0.05) is 35.8 Å². The van der Waals surface area contributed by atoms with E-state index in [9.17, 15) is 9.18 Å². The number of nitrogens with one attached hydrogen (secondary N) is 1. The van der Waals surface area contributed by atoms with E-state index in [1.54, 1.807) is 6.07 Å². The lowest BCUT2D eigenvalue weighted by atomic mass is 10.1. The van der Waals surface area contributed by atoms with Crippen LogP contribution in [0.1, 0.15) is 33.3 Å². The minimum atomic E-state index is -0.441. The van der Waals surface area contributed by atoms with Crippen molar-refractivity contribution in [3.05, 3.63) is 34.6 Å². The maximum Gasteiger partial charge on any atom is 0.224 e. The van der Waals surface area contributed by atoms with Crippen molar-refractivity contribution in [1.82, 2.24) is 10.2 Å². The molecule has 0 aromatic heterocycles. The third-order valence-corrected chi connectivity index (χ3v) is 3.77. The summed E-state index contributed by atoms with van der Waals surface area (Å²) in [5.41, 5.74) is 0.251. The summed E-state index contributed by atoms with van der Waals surface area (Å²) >= 11 is 5.91.